The van der Waals surface area contributed by atoms with Gasteiger partial charge in [0.15, 0.2) is 0 Å². The Labute approximate surface area is 121 Å². The summed E-state index contributed by atoms with van der Waals surface area (Å²) in [5.74, 6) is 0.379. The Kier molecular flexibility index (Phi) is 4.33. The molecule has 1 unspecified atom stereocenters. The number of anilines is 1. The van der Waals surface area contributed by atoms with Crippen molar-refractivity contribution in [3.8, 4) is 5.75 Å². The minimum absolute atomic E-state index is 0.140. The van der Waals surface area contributed by atoms with Crippen LogP contribution >= 0.6 is 0 Å². The second-order valence-corrected chi connectivity index (χ2v) is 5.31. The third-order valence-electron chi connectivity index (χ3n) is 3.87. The molecule has 1 atom stereocenters. The van der Waals surface area contributed by atoms with Crippen molar-refractivity contribution in [2.45, 2.75) is 33.7 Å². The van der Waals surface area contributed by atoms with E-state index in [0.717, 1.165) is 17.7 Å². The van der Waals surface area contributed by atoms with Crippen molar-refractivity contribution in [1.82, 2.24) is 0 Å². The second kappa shape index (κ2) is 6.00. The molecular formula is C18H23NO. The Morgan fingerprint density at radius 2 is 1.80 bits per heavy atom. The van der Waals surface area contributed by atoms with Gasteiger partial charge >= 0.3 is 0 Å². The Morgan fingerprint density at radius 3 is 2.40 bits per heavy atom. The summed E-state index contributed by atoms with van der Waals surface area (Å²) in [5.41, 5.74) is 4.54. The van der Waals surface area contributed by atoms with Crippen LogP contribution in [0.4, 0.5) is 5.69 Å². The van der Waals surface area contributed by atoms with Crippen molar-refractivity contribution in [2.24, 2.45) is 0 Å². The van der Waals surface area contributed by atoms with Crippen LogP contribution < -0.4 is 4.90 Å². The van der Waals surface area contributed by atoms with Gasteiger partial charge in [0.1, 0.15) is 5.75 Å². The standard InChI is InChI=1S/C18H23NO/c1-5-19(17-9-7-6-8-14(17)3)15(4)16-11-10-13(2)12-18(16)20/h6-12,15,20H,5H2,1-4H3. The average Bonchev–Trinajstić information content (AvgIpc) is 2.41. The minimum Gasteiger partial charge on any atom is -0.508 e. The maximum Gasteiger partial charge on any atom is 0.121 e. The molecular weight excluding hydrogens is 246 g/mol. The lowest BCUT2D eigenvalue weighted by Crippen LogP contribution is -2.27. The first-order valence-electron chi connectivity index (χ1n) is 7.16. The highest BCUT2D eigenvalue weighted by atomic mass is 16.3. The molecule has 2 aromatic carbocycles. The first-order valence-corrected chi connectivity index (χ1v) is 7.16. The smallest absolute Gasteiger partial charge is 0.121 e. The molecule has 0 fully saturated rings. The Bertz CT molecular complexity index is 592. The lowest BCUT2D eigenvalue weighted by molar-refractivity contribution is 0.460. The molecule has 0 aliphatic carbocycles. The van der Waals surface area contributed by atoms with Crippen LogP contribution in [-0.4, -0.2) is 11.7 Å². The number of phenols is 1. The number of phenolic OH excluding ortho intramolecular Hbond substituents is 1. The van der Waals surface area contributed by atoms with Gasteiger partial charge in [0.05, 0.1) is 6.04 Å². The summed E-state index contributed by atoms with van der Waals surface area (Å²) in [6.45, 7) is 9.31. The number of hydrogen-bond donors (Lipinski definition) is 1. The molecule has 2 aromatic rings. The number of benzene rings is 2. The third kappa shape index (κ3) is 2.79. The van der Waals surface area contributed by atoms with Crippen LogP contribution in [0.3, 0.4) is 0 Å². The van der Waals surface area contributed by atoms with Crippen LogP contribution in [0.2, 0.25) is 0 Å². The van der Waals surface area contributed by atoms with Gasteiger partial charge in [0.25, 0.3) is 0 Å². The van der Waals surface area contributed by atoms with E-state index < -0.39 is 0 Å². The van der Waals surface area contributed by atoms with Gasteiger partial charge in [-0.1, -0.05) is 30.3 Å². The number of para-hydroxylation sites is 1. The van der Waals surface area contributed by atoms with E-state index in [4.69, 9.17) is 0 Å². The molecule has 20 heavy (non-hydrogen) atoms. The largest absolute Gasteiger partial charge is 0.508 e. The molecule has 0 amide bonds. The first-order chi connectivity index (χ1) is 9.54. The summed E-state index contributed by atoms with van der Waals surface area (Å²) in [6, 6.07) is 14.4. The second-order valence-electron chi connectivity index (χ2n) is 5.31. The van der Waals surface area contributed by atoms with Crippen LogP contribution in [0.1, 0.15) is 36.6 Å². The predicted octanol–water partition coefficient (Wildman–Crippen LogP) is 4.60. The lowest BCUT2D eigenvalue weighted by Gasteiger charge is -2.32. The van der Waals surface area contributed by atoms with Crippen molar-refractivity contribution in [3.63, 3.8) is 0 Å². The van der Waals surface area contributed by atoms with Crippen LogP contribution in [0, 0.1) is 13.8 Å². The average molecular weight is 269 g/mol. The van der Waals surface area contributed by atoms with Gasteiger partial charge in [-0.25, -0.2) is 0 Å². The van der Waals surface area contributed by atoms with Crippen molar-refractivity contribution < 1.29 is 5.11 Å². The maximum atomic E-state index is 10.2. The maximum absolute atomic E-state index is 10.2. The zero-order chi connectivity index (χ0) is 14.7. The van der Waals surface area contributed by atoms with E-state index in [9.17, 15) is 5.11 Å². The molecule has 0 bridgehead atoms. The highest BCUT2D eigenvalue weighted by Crippen LogP contribution is 2.33. The quantitative estimate of drug-likeness (QED) is 0.877. The SMILES string of the molecule is CCN(c1ccccc1C)C(C)c1ccc(C)cc1O. The topological polar surface area (TPSA) is 23.5 Å². The van der Waals surface area contributed by atoms with Crippen LogP contribution in [0.5, 0.6) is 5.75 Å². The summed E-state index contributed by atoms with van der Waals surface area (Å²) in [6.07, 6.45) is 0. The van der Waals surface area contributed by atoms with E-state index in [-0.39, 0.29) is 6.04 Å². The fourth-order valence-corrected chi connectivity index (χ4v) is 2.71. The molecule has 0 saturated carbocycles. The van der Waals surface area contributed by atoms with Crippen LogP contribution in [0.25, 0.3) is 0 Å². The molecule has 2 nitrogen and oxygen atoms in total. The Balaban J connectivity index is 2.39. The molecule has 106 valence electrons. The molecule has 0 spiro atoms. The van der Waals surface area contributed by atoms with Gasteiger partial charge in [-0.3, -0.25) is 0 Å². The van der Waals surface area contributed by atoms with E-state index in [2.05, 4.69) is 56.0 Å². The summed E-state index contributed by atoms with van der Waals surface area (Å²) >= 11 is 0. The van der Waals surface area contributed by atoms with E-state index >= 15 is 0 Å². The fourth-order valence-electron chi connectivity index (χ4n) is 2.71. The number of rotatable bonds is 4. The van der Waals surface area contributed by atoms with Crippen molar-refractivity contribution in [2.75, 3.05) is 11.4 Å². The van der Waals surface area contributed by atoms with E-state index in [0.29, 0.717) is 5.75 Å². The highest BCUT2D eigenvalue weighted by Gasteiger charge is 2.18. The molecule has 0 aromatic heterocycles. The van der Waals surface area contributed by atoms with Crippen molar-refractivity contribution in [1.29, 1.82) is 0 Å². The van der Waals surface area contributed by atoms with Crippen LogP contribution in [-0.2, 0) is 0 Å². The molecule has 2 rings (SSSR count). The van der Waals surface area contributed by atoms with E-state index in [1.165, 1.54) is 11.3 Å². The summed E-state index contributed by atoms with van der Waals surface area (Å²) in [4.78, 5) is 2.32. The minimum atomic E-state index is 0.140. The van der Waals surface area contributed by atoms with Crippen molar-refractivity contribution >= 4 is 5.69 Å². The number of aryl methyl sites for hydroxylation is 2. The Morgan fingerprint density at radius 1 is 1.10 bits per heavy atom. The third-order valence-corrected chi connectivity index (χ3v) is 3.87. The number of hydrogen-bond acceptors (Lipinski definition) is 2. The van der Waals surface area contributed by atoms with Gasteiger partial charge in [-0.05, 0) is 51.0 Å². The van der Waals surface area contributed by atoms with Gasteiger partial charge in [-0.2, -0.15) is 0 Å². The summed E-state index contributed by atoms with van der Waals surface area (Å²) < 4.78 is 0. The lowest BCUT2D eigenvalue weighted by atomic mass is 10.0. The predicted molar refractivity (Wildman–Crippen MR) is 85.5 cm³/mol. The number of nitrogens with zero attached hydrogens (tertiary/aromatic N) is 1. The molecule has 2 heteroatoms. The zero-order valence-electron chi connectivity index (χ0n) is 12.7. The number of aromatic hydroxyl groups is 1. The normalized spacial score (nSPS) is 12.2. The van der Waals surface area contributed by atoms with Gasteiger partial charge in [-0.15, -0.1) is 0 Å². The molecule has 0 aliphatic heterocycles. The summed E-state index contributed by atoms with van der Waals surface area (Å²) in [7, 11) is 0. The molecule has 0 radical (unpaired) electrons. The first kappa shape index (κ1) is 14.4. The zero-order valence-corrected chi connectivity index (χ0v) is 12.7. The monoisotopic (exact) mass is 269 g/mol. The van der Waals surface area contributed by atoms with Crippen molar-refractivity contribution in [3.05, 3.63) is 59.2 Å². The summed E-state index contributed by atoms with van der Waals surface area (Å²) in [5, 5.41) is 10.2. The van der Waals surface area contributed by atoms with Gasteiger partial charge < -0.3 is 10.0 Å². The molecule has 1 N–H and O–H groups in total. The molecule has 0 saturated heterocycles. The van der Waals surface area contributed by atoms with Crippen LogP contribution in [0.15, 0.2) is 42.5 Å². The van der Waals surface area contributed by atoms with E-state index in [1.54, 1.807) is 0 Å². The van der Waals surface area contributed by atoms with Gasteiger partial charge in [0.2, 0.25) is 0 Å². The molecule has 0 aliphatic rings. The fraction of sp³-hybridized carbons (Fsp3) is 0.333. The highest BCUT2D eigenvalue weighted by molar-refractivity contribution is 5.55. The molecule has 0 heterocycles. The Hall–Kier alpha value is -1.96. The van der Waals surface area contributed by atoms with Gasteiger partial charge in [0, 0.05) is 17.8 Å². The van der Waals surface area contributed by atoms with E-state index in [1.807, 2.05) is 19.1 Å².